The first-order valence-corrected chi connectivity index (χ1v) is 10.5. The number of unbranched alkanes of at least 4 members (excludes halogenated alkanes) is 1. The van der Waals surface area contributed by atoms with E-state index >= 15 is 0 Å². The number of nitrogens with one attached hydrogen (secondary N) is 1. The van der Waals surface area contributed by atoms with E-state index in [0.29, 0.717) is 0 Å². The molecule has 0 unspecified atom stereocenters. The van der Waals surface area contributed by atoms with Crippen LogP contribution in [0.3, 0.4) is 0 Å². The standard InChI is InChI=1S/C23H30N4.3ClH/c1-2-3-13-26-15-17-27(18-16-26)14-12-24-23-19-8-4-6-10-21(19)25-22-11-7-5-9-20(22)23;;;/h4-11H,2-3,12-18H2,1H3,(H,24,25);3*1H/p-1. The molecule has 2 aromatic carbocycles. The van der Waals surface area contributed by atoms with Crippen LogP contribution in [0.25, 0.3) is 21.8 Å². The van der Waals surface area contributed by atoms with Crippen LogP contribution >= 0.6 is 0 Å². The van der Waals surface area contributed by atoms with Gasteiger partial charge in [0.25, 0.3) is 0 Å². The highest BCUT2D eigenvalue weighted by Gasteiger charge is 2.20. The quantitative estimate of drug-likeness (QED) is 0.337. The summed E-state index contributed by atoms with van der Waals surface area (Å²) < 4.78 is 0. The molecule has 1 aliphatic rings. The summed E-state index contributed by atoms with van der Waals surface area (Å²) >= 11 is 0. The van der Waals surface area contributed by atoms with Crippen molar-refractivity contribution in [2.24, 2.45) is 0 Å². The van der Waals surface area contributed by atoms with E-state index in [2.05, 4.69) is 65.7 Å². The Hall–Kier alpha value is -1.14. The Balaban J connectivity index is 0.00000150. The molecule has 3 N–H and O–H groups in total. The summed E-state index contributed by atoms with van der Waals surface area (Å²) in [6, 6.07) is 17.0. The predicted octanol–water partition coefficient (Wildman–Crippen LogP) is -7.40. The number of nitrogens with two attached hydrogens (primary N) is 1. The van der Waals surface area contributed by atoms with E-state index in [0.717, 1.165) is 24.1 Å². The van der Waals surface area contributed by atoms with Gasteiger partial charge in [0.2, 0.25) is 0 Å². The van der Waals surface area contributed by atoms with Crippen molar-refractivity contribution in [1.29, 1.82) is 0 Å². The van der Waals surface area contributed by atoms with Crippen LogP contribution in [0.15, 0.2) is 48.5 Å². The first-order chi connectivity index (χ1) is 13.3. The van der Waals surface area contributed by atoms with Crippen molar-refractivity contribution in [3.8, 4) is 0 Å². The highest BCUT2D eigenvalue weighted by Crippen LogP contribution is 2.26. The van der Waals surface area contributed by atoms with E-state index in [4.69, 9.17) is 4.98 Å². The molecule has 166 valence electrons. The normalized spacial score (nSPS) is 14.7. The van der Waals surface area contributed by atoms with Gasteiger partial charge in [0.05, 0.1) is 48.0 Å². The van der Waals surface area contributed by atoms with Crippen molar-refractivity contribution in [1.82, 2.24) is 9.88 Å². The highest BCUT2D eigenvalue weighted by molar-refractivity contribution is 6.03. The number of fused-ring (bicyclic) bond motifs is 2. The molecule has 0 radical (unpaired) electrons. The number of hydrogen-bond acceptors (Lipinski definition) is 2. The third-order valence-corrected chi connectivity index (χ3v) is 5.87. The second kappa shape index (κ2) is 13.3. The summed E-state index contributed by atoms with van der Waals surface area (Å²) in [6.45, 7) is 11.0. The van der Waals surface area contributed by atoms with E-state index in [1.54, 1.807) is 4.90 Å². The van der Waals surface area contributed by atoms with E-state index in [9.17, 15) is 0 Å². The smallest absolute Gasteiger partial charge is 0.148 e. The van der Waals surface area contributed by atoms with Crippen molar-refractivity contribution >= 4 is 27.5 Å². The van der Waals surface area contributed by atoms with Gasteiger partial charge >= 0.3 is 0 Å². The summed E-state index contributed by atoms with van der Waals surface area (Å²) in [6.07, 6.45) is 2.68. The minimum absolute atomic E-state index is 0. The van der Waals surface area contributed by atoms with Crippen molar-refractivity contribution in [3.63, 3.8) is 0 Å². The molecule has 1 aliphatic heterocycles. The molecule has 1 saturated heterocycles. The van der Waals surface area contributed by atoms with Crippen LogP contribution in [0.1, 0.15) is 19.8 Å². The minimum Gasteiger partial charge on any atom is -1.00 e. The topological polar surface area (TPSA) is 37.2 Å². The lowest BCUT2D eigenvalue weighted by Crippen LogP contribution is -3.14. The summed E-state index contributed by atoms with van der Waals surface area (Å²) in [5, 5.41) is 4.97. The number of para-hydroxylation sites is 2. The second-order valence-corrected chi connectivity index (χ2v) is 7.75. The number of piperazine rings is 1. The lowest BCUT2D eigenvalue weighted by atomic mass is 10.1. The molecule has 30 heavy (non-hydrogen) atoms. The number of benzene rings is 2. The Morgan fingerprint density at radius 1 is 0.900 bits per heavy atom. The largest absolute Gasteiger partial charge is 1.00 e. The Morgan fingerprint density at radius 3 is 2.03 bits per heavy atom. The van der Waals surface area contributed by atoms with Gasteiger partial charge in [0, 0.05) is 19.6 Å². The van der Waals surface area contributed by atoms with Crippen LogP contribution in [0.4, 0.5) is 5.69 Å². The molecule has 0 amide bonds. The molecule has 4 nitrogen and oxygen atoms in total. The summed E-state index contributed by atoms with van der Waals surface area (Å²) in [7, 11) is 0. The first kappa shape index (κ1) is 26.9. The van der Waals surface area contributed by atoms with Crippen LogP contribution in [-0.4, -0.2) is 55.7 Å². The maximum Gasteiger partial charge on any atom is 0.148 e. The third-order valence-electron chi connectivity index (χ3n) is 5.87. The Bertz CT molecular complexity index is 844. The molecular weight excluding hydrogens is 439 g/mol. The lowest BCUT2D eigenvalue weighted by molar-refractivity contribution is -0.904. The molecule has 4 rings (SSSR count). The van der Waals surface area contributed by atoms with Gasteiger partial charge in [0.1, 0.15) is 5.69 Å². The van der Waals surface area contributed by atoms with Gasteiger partial charge in [0.15, 0.2) is 0 Å². The van der Waals surface area contributed by atoms with Gasteiger partial charge in [-0.25, -0.2) is 4.98 Å². The molecule has 0 aliphatic carbocycles. The Morgan fingerprint density at radius 2 is 1.47 bits per heavy atom. The molecule has 1 aromatic heterocycles. The molecule has 0 bridgehead atoms. The molecule has 3 aromatic rings. The van der Waals surface area contributed by atoms with Crippen LogP contribution in [0.2, 0.25) is 0 Å². The number of rotatable bonds is 7. The maximum atomic E-state index is 4.84. The highest BCUT2D eigenvalue weighted by atomic mass is 35.5. The van der Waals surface area contributed by atoms with Crippen molar-refractivity contribution in [3.05, 3.63) is 48.5 Å². The monoisotopic (exact) mass is 469 g/mol. The van der Waals surface area contributed by atoms with Gasteiger partial charge in [-0.15, -0.1) is 0 Å². The Kier molecular flexibility index (Phi) is 11.9. The molecule has 7 heteroatoms. The van der Waals surface area contributed by atoms with Crippen LogP contribution in [0.5, 0.6) is 0 Å². The zero-order chi connectivity index (χ0) is 18.5. The average molecular weight is 471 g/mol. The first-order valence-electron chi connectivity index (χ1n) is 10.5. The van der Waals surface area contributed by atoms with Gasteiger partial charge in [-0.2, -0.15) is 0 Å². The van der Waals surface area contributed by atoms with Crippen molar-refractivity contribution in [2.75, 3.05) is 45.8 Å². The van der Waals surface area contributed by atoms with Gasteiger partial charge < -0.3 is 47.4 Å². The molecule has 2 heterocycles. The van der Waals surface area contributed by atoms with Gasteiger partial charge in [-0.3, -0.25) is 4.90 Å². The minimum atomic E-state index is 0. The van der Waals surface area contributed by atoms with Gasteiger partial charge in [-0.1, -0.05) is 37.6 Å². The molecule has 1 fully saturated rings. The van der Waals surface area contributed by atoms with E-state index in [1.807, 2.05) is 0 Å². The van der Waals surface area contributed by atoms with Crippen LogP contribution in [0, 0.1) is 0 Å². The van der Waals surface area contributed by atoms with Crippen molar-refractivity contribution in [2.45, 2.75) is 19.8 Å². The maximum absolute atomic E-state index is 4.84. The fourth-order valence-electron chi connectivity index (χ4n) is 4.25. The van der Waals surface area contributed by atoms with Crippen LogP contribution < -0.4 is 47.4 Å². The molecule has 0 spiro atoms. The zero-order valence-electron chi connectivity index (χ0n) is 17.6. The average Bonchev–Trinajstić information content (AvgIpc) is 2.72. The second-order valence-electron chi connectivity index (χ2n) is 7.75. The third kappa shape index (κ3) is 6.43. The van der Waals surface area contributed by atoms with E-state index < -0.39 is 0 Å². The van der Waals surface area contributed by atoms with Crippen LogP contribution in [-0.2, 0) is 0 Å². The number of quaternary nitrogens is 2. The number of halogens is 3. The number of nitrogens with zero attached hydrogens (tertiary/aromatic N) is 2. The van der Waals surface area contributed by atoms with Crippen molar-refractivity contribution < 1.29 is 47.4 Å². The SMILES string of the molecule is CCCC[NH+]1CCN(CC[NH2+]c2c3ccccc3nc3ccccc23)CC1.[Cl-].[Cl-].[Cl-]. The predicted molar refractivity (Wildman–Crippen MR) is 113 cm³/mol. The Labute approximate surface area is 198 Å². The number of pyridine rings is 1. The zero-order valence-corrected chi connectivity index (χ0v) is 19.9. The summed E-state index contributed by atoms with van der Waals surface area (Å²) in [5.74, 6) is 0. The molecular formula is C23H32Cl3N4-. The number of aromatic nitrogens is 1. The fourth-order valence-corrected chi connectivity index (χ4v) is 4.25. The summed E-state index contributed by atoms with van der Waals surface area (Å²) in [4.78, 5) is 9.27. The summed E-state index contributed by atoms with van der Waals surface area (Å²) in [5.41, 5.74) is 3.54. The van der Waals surface area contributed by atoms with E-state index in [1.165, 1.54) is 62.0 Å². The number of hydrogen-bond donors (Lipinski definition) is 2. The fraction of sp³-hybridized carbons (Fsp3) is 0.435. The van der Waals surface area contributed by atoms with Gasteiger partial charge in [-0.05, 0) is 30.7 Å². The van der Waals surface area contributed by atoms with E-state index in [-0.39, 0.29) is 37.2 Å². The molecule has 0 saturated carbocycles. The lowest BCUT2D eigenvalue weighted by Gasteiger charge is -2.31. The molecule has 0 atom stereocenters.